The smallest absolute Gasteiger partial charge is 0.237 e. The lowest BCUT2D eigenvalue weighted by Gasteiger charge is -2.29. The normalized spacial score (nSPS) is 22.0. The molecule has 0 bridgehead atoms. The van der Waals surface area contributed by atoms with E-state index in [4.69, 9.17) is 9.47 Å². The van der Waals surface area contributed by atoms with Crippen LogP contribution in [0.15, 0.2) is 30.6 Å². The van der Waals surface area contributed by atoms with Crippen molar-refractivity contribution in [3.05, 3.63) is 42.0 Å². The van der Waals surface area contributed by atoms with E-state index in [1.807, 2.05) is 24.4 Å². The molecule has 1 N–H and O–H groups in total. The van der Waals surface area contributed by atoms with Crippen molar-refractivity contribution in [2.45, 2.75) is 43.7 Å². The maximum Gasteiger partial charge on any atom is 0.237 e. The van der Waals surface area contributed by atoms with E-state index in [2.05, 4.69) is 36.0 Å². The summed E-state index contributed by atoms with van der Waals surface area (Å²) in [5.74, 6) is 2.12. The van der Waals surface area contributed by atoms with E-state index in [-0.39, 0.29) is 12.1 Å². The van der Waals surface area contributed by atoms with Gasteiger partial charge in [-0.2, -0.15) is 10.2 Å². The third-order valence-corrected chi connectivity index (χ3v) is 5.47. The number of anilines is 1. The molecule has 2 fully saturated rings. The number of hydrogen-bond donors (Lipinski definition) is 1. The number of aromatic nitrogens is 5. The maximum absolute atomic E-state index is 9.28. The number of rotatable bonds is 5. The Morgan fingerprint density at radius 1 is 1.24 bits per heavy atom. The van der Waals surface area contributed by atoms with Crippen LogP contribution >= 0.6 is 0 Å². The second kappa shape index (κ2) is 7.64. The molecule has 0 unspecified atom stereocenters. The van der Waals surface area contributed by atoms with Crippen molar-refractivity contribution in [3.63, 3.8) is 0 Å². The summed E-state index contributed by atoms with van der Waals surface area (Å²) in [6.45, 7) is 1.04. The first-order chi connectivity index (χ1) is 14.3. The first-order valence-electron chi connectivity index (χ1n) is 9.88. The van der Waals surface area contributed by atoms with Gasteiger partial charge in [-0.1, -0.05) is 12.5 Å². The van der Waals surface area contributed by atoms with Crippen molar-refractivity contribution >= 4 is 11.6 Å². The molecule has 2 aliphatic rings. The summed E-state index contributed by atoms with van der Waals surface area (Å²) in [4.78, 5) is 8.75. The molecule has 3 aromatic rings. The maximum atomic E-state index is 9.28. The van der Waals surface area contributed by atoms with Crippen molar-refractivity contribution < 1.29 is 9.47 Å². The predicted octanol–water partition coefficient (Wildman–Crippen LogP) is 2.31. The number of nitriles is 1. The van der Waals surface area contributed by atoms with Crippen LogP contribution in [0, 0.1) is 11.3 Å². The van der Waals surface area contributed by atoms with Crippen molar-refractivity contribution in [2.24, 2.45) is 0 Å². The fourth-order valence-corrected chi connectivity index (χ4v) is 3.92. The Morgan fingerprint density at radius 2 is 2.17 bits per heavy atom. The van der Waals surface area contributed by atoms with Crippen LogP contribution in [0.5, 0.6) is 5.88 Å². The Labute approximate surface area is 167 Å². The zero-order valence-electron chi connectivity index (χ0n) is 15.9. The van der Waals surface area contributed by atoms with Crippen LogP contribution in [0.4, 0.5) is 5.95 Å². The van der Waals surface area contributed by atoms with Crippen molar-refractivity contribution in [2.75, 3.05) is 18.5 Å². The highest BCUT2D eigenvalue weighted by atomic mass is 16.6. The van der Waals surface area contributed by atoms with Gasteiger partial charge >= 0.3 is 0 Å². The summed E-state index contributed by atoms with van der Waals surface area (Å²) in [7, 11) is 0. The summed E-state index contributed by atoms with van der Waals surface area (Å²) < 4.78 is 13.0. The molecule has 3 aromatic heterocycles. The molecule has 0 aromatic carbocycles. The van der Waals surface area contributed by atoms with Crippen molar-refractivity contribution in [1.82, 2.24) is 24.6 Å². The van der Waals surface area contributed by atoms with Gasteiger partial charge in [0, 0.05) is 18.2 Å². The lowest BCUT2D eigenvalue weighted by molar-refractivity contribution is -0.0814. The second-order valence-corrected chi connectivity index (χ2v) is 7.49. The standard InChI is InChI=1S/C20H21N7O2/c21-9-14-10-22-20(24-19(14)29-16-11-28-12-16)23-15-5-3-4-13(8-15)18-26-25-17-6-1-2-7-27(17)18/h1-2,6-7,10,13,15-16H,3-5,8,11-12H2,(H,22,23,24)/t13-,15+/m0/s1. The highest BCUT2D eigenvalue weighted by molar-refractivity contribution is 5.41. The molecule has 9 heteroatoms. The van der Waals surface area contributed by atoms with Crippen LogP contribution in [0.3, 0.4) is 0 Å². The molecule has 2 atom stereocenters. The molecule has 1 aliphatic carbocycles. The van der Waals surface area contributed by atoms with Gasteiger partial charge in [-0.25, -0.2) is 4.98 Å². The third kappa shape index (κ3) is 3.59. The van der Waals surface area contributed by atoms with E-state index in [0.717, 1.165) is 37.2 Å². The fraction of sp³-hybridized carbons (Fsp3) is 0.450. The highest BCUT2D eigenvalue weighted by Gasteiger charge is 2.28. The second-order valence-electron chi connectivity index (χ2n) is 7.49. The average molecular weight is 391 g/mol. The van der Waals surface area contributed by atoms with Crippen LogP contribution in [0.1, 0.15) is 43.0 Å². The van der Waals surface area contributed by atoms with Gasteiger partial charge in [0.1, 0.15) is 23.6 Å². The van der Waals surface area contributed by atoms with E-state index >= 15 is 0 Å². The summed E-state index contributed by atoms with van der Waals surface area (Å²) >= 11 is 0. The largest absolute Gasteiger partial charge is 0.468 e. The topological polar surface area (TPSA) is 110 Å². The van der Waals surface area contributed by atoms with E-state index in [1.54, 1.807) is 0 Å². The first kappa shape index (κ1) is 17.8. The summed E-state index contributed by atoms with van der Waals surface area (Å²) in [6, 6.07) is 8.24. The van der Waals surface area contributed by atoms with E-state index < -0.39 is 0 Å². The van der Waals surface area contributed by atoms with E-state index in [0.29, 0.717) is 36.5 Å². The van der Waals surface area contributed by atoms with Gasteiger partial charge in [0.05, 0.1) is 19.4 Å². The molecule has 148 valence electrons. The summed E-state index contributed by atoms with van der Waals surface area (Å²) in [5.41, 5.74) is 1.20. The molecule has 1 saturated heterocycles. The number of pyridine rings is 1. The predicted molar refractivity (Wildman–Crippen MR) is 104 cm³/mol. The minimum absolute atomic E-state index is 0.0508. The van der Waals surface area contributed by atoms with Gasteiger partial charge in [0.25, 0.3) is 0 Å². The average Bonchev–Trinajstić information content (AvgIpc) is 3.15. The third-order valence-electron chi connectivity index (χ3n) is 5.47. The van der Waals surface area contributed by atoms with Crippen LogP contribution < -0.4 is 10.1 Å². The van der Waals surface area contributed by atoms with Gasteiger partial charge in [0.15, 0.2) is 5.65 Å². The SMILES string of the molecule is N#Cc1cnc(N[C@@H]2CCC[C@H](c3nnc4ccccn34)C2)nc1OC1COC1. The van der Waals surface area contributed by atoms with Crippen molar-refractivity contribution in [3.8, 4) is 11.9 Å². The molecule has 1 saturated carbocycles. The van der Waals surface area contributed by atoms with Crippen LogP contribution in [-0.4, -0.2) is 49.9 Å². The number of ether oxygens (including phenoxy) is 2. The molecule has 29 heavy (non-hydrogen) atoms. The zero-order chi connectivity index (χ0) is 19.6. The van der Waals surface area contributed by atoms with Gasteiger partial charge < -0.3 is 14.8 Å². The Kier molecular flexibility index (Phi) is 4.69. The summed E-state index contributed by atoms with van der Waals surface area (Å²) in [5, 5.41) is 21.4. The quantitative estimate of drug-likeness (QED) is 0.705. The van der Waals surface area contributed by atoms with Crippen LogP contribution in [-0.2, 0) is 4.74 Å². The van der Waals surface area contributed by atoms with Gasteiger partial charge in [-0.3, -0.25) is 4.40 Å². The van der Waals surface area contributed by atoms with E-state index in [9.17, 15) is 5.26 Å². The summed E-state index contributed by atoms with van der Waals surface area (Å²) in [6.07, 6.45) is 7.59. The Bertz CT molecular complexity index is 1060. The molecule has 5 rings (SSSR count). The van der Waals surface area contributed by atoms with Crippen LogP contribution in [0.2, 0.25) is 0 Å². The Balaban J connectivity index is 1.31. The fourth-order valence-electron chi connectivity index (χ4n) is 3.92. The molecule has 0 amide bonds. The van der Waals surface area contributed by atoms with Gasteiger partial charge in [-0.05, 0) is 31.4 Å². The Morgan fingerprint density at radius 3 is 3.00 bits per heavy atom. The first-order valence-corrected chi connectivity index (χ1v) is 9.88. The zero-order valence-corrected chi connectivity index (χ0v) is 15.9. The molecule has 1 aliphatic heterocycles. The molecular formula is C20H21N7O2. The van der Waals surface area contributed by atoms with Gasteiger partial charge in [-0.15, -0.1) is 10.2 Å². The number of nitrogens with one attached hydrogen (secondary N) is 1. The van der Waals surface area contributed by atoms with Gasteiger partial charge in [0.2, 0.25) is 11.8 Å². The molecular weight excluding hydrogens is 370 g/mol. The monoisotopic (exact) mass is 391 g/mol. The number of hydrogen-bond acceptors (Lipinski definition) is 8. The lowest BCUT2D eigenvalue weighted by Crippen LogP contribution is -2.39. The molecule has 0 spiro atoms. The lowest BCUT2D eigenvalue weighted by atomic mass is 9.85. The molecule has 4 heterocycles. The molecule has 9 nitrogen and oxygen atoms in total. The number of nitrogens with zero attached hydrogens (tertiary/aromatic N) is 6. The molecule has 0 radical (unpaired) electrons. The number of fused-ring (bicyclic) bond motifs is 1. The van der Waals surface area contributed by atoms with E-state index in [1.165, 1.54) is 6.20 Å². The Hall–Kier alpha value is -3.25. The highest BCUT2D eigenvalue weighted by Crippen LogP contribution is 2.33. The minimum Gasteiger partial charge on any atom is -0.468 e. The van der Waals surface area contributed by atoms with Crippen LogP contribution in [0.25, 0.3) is 5.65 Å². The van der Waals surface area contributed by atoms with Crippen molar-refractivity contribution in [1.29, 1.82) is 5.26 Å². The minimum atomic E-state index is -0.0508.